The number of aromatic nitrogens is 3. The lowest BCUT2D eigenvalue weighted by Gasteiger charge is -2.14. The van der Waals surface area contributed by atoms with Crippen LogP contribution in [0.4, 0.5) is 5.69 Å². The molecule has 23 heavy (non-hydrogen) atoms. The maximum Gasteiger partial charge on any atom is 0.211 e. The third-order valence-electron chi connectivity index (χ3n) is 3.90. The Balaban J connectivity index is 2.20. The van der Waals surface area contributed by atoms with Gasteiger partial charge in [-0.15, -0.1) is 0 Å². The van der Waals surface area contributed by atoms with Crippen molar-refractivity contribution in [2.45, 2.75) is 39.2 Å². The molecule has 1 amide bonds. The molecule has 0 saturated carbocycles. The number of pyridine rings is 1. The van der Waals surface area contributed by atoms with E-state index in [1.54, 1.807) is 17.1 Å². The summed E-state index contributed by atoms with van der Waals surface area (Å²) >= 11 is 0. The summed E-state index contributed by atoms with van der Waals surface area (Å²) < 4.78 is 1.70. The van der Waals surface area contributed by atoms with Gasteiger partial charge in [-0.3, -0.25) is 14.5 Å². The van der Waals surface area contributed by atoms with Gasteiger partial charge < -0.3 is 11.1 Å². The standard InChI is InChI=1S/C17H25N5O/c1-12(2)5-4-6-14(18)13-7-8-19-15(9-13)17-16(20-11-23)10-21-22(17)3/h7-12,14H,4-6,18H2,1-3H3,(H,20,23). The molecule has 124 valence electrons. The van der Waals surface area contributed by atoms with Gasteiger partial charge in [0.15, 0.2) is 0 Å². The van der Waals surface area contributed by atoms with E-state index in [1.165, 1.54) is 6.42 Å². The Bertz CT molecular complexity index is 650. The van der Waals surface area contributed by atoms with Crippen molar-refractivity contribution >= 4 is 12.1 Å². The van der Waals surface area contributed by atoms with E-state index in [-0.39, 0.29) is 6.04 Å². The predicted molar refractivity (Wildman–Crippen MR) is 91.7 cm³/mol. The first kappa shape index (κ1) is 17.1. The minimum absolute atomic E-state index is 0.00814. The van der Waals surface area contributed by atoms with Crippen LogP contribution in [0, 0.1) is 5.92 Å². The molecule has 0 aliphatic heterocycles. The molecule has 1 unspecified atom stereocenters. The minimum atomic E-state index is -0.00814. The van der Waals surface area contributed by atoms with Crippen LogP contribution >= 0.6 is 0 Å². The maximum absolute atomic E-state index is 10.7. The van der Waals surface area contributed by atoms with Crippen molar-refractivity contribution in [3.8, 4) is 11.4 Å². The second-order valence-corrected chi connectivity index (χ2v) is 6.20. The molecule has 0 aliphatic carbocycles. The topological polar surface area (TPSA) is 85.8 Å². The average Bonchev–Trinajstić information content (AvgIpc) is 2.88. The zero-order chi connectivity index (χ0) is 16.8. The zero-order valence-corrected chi connectivity index (χ0v) is 14.0. The first-order valence-corrected chi connectivity index (χ1v) is 7.97. The monoisotopic (exact) mass is 315 g/mol. The van der Waals surface area contributed by atoms with E-state index in [1.807, 2.05) is 19.2 Å². The fourth-order valence-electron chi connectivity index (χ4n) is 2.63. The largest absolute Gasteiger partial charge is 0.325 e. The third kappa shape index (κ3) is 4.39. The number of nitrogens with one attached hydrogen (secondary N) is 1. The molecule has 0 saturated heterocycles. The van der Waals surface area contributed by atoms with E-state index in [2.05, 4.69) is 29.2 Å². The van der Waals surface area contributed by atoms with Gasteiger partial charge >= 0.3 is 0 Å². The highest BCUT2D eigenvalue weighted by molar-refractivity contribution is 5.81. The summed E-state index contributed by atoms with van der Waals surface area (Å²) in [5, 5.41) is 6.83. The smallest absolute Gasteiger partial charge is 0.211 e. The number of aryl methyl sites for hydroxylation is 1. The third-order valence-corrected chi connectivity index (χ3v) is 3.90. The quantitative estimate of drug-likeness (QED) is 0.733. The number of nitrogens with zero attached hydrogens (tertiary/aromatic N) is 3. The Labute approximate surface area is 137 Å². The molecule has 6 nitrogen and oxygen atoms in total. The van der Waals surface area contributed by atoms with Crippen molar-refractivity contribution in [1.82, 2.24) is 14.8 Å². The van der Waals surface area contributed by atoms with Crippen molar-refractivity contribution in [3.05, 3.63) is 30.1 Å². The van der Waals surface area contributed by atoms with Crippen LogP contribution in [-0.2, 0) is 11.8 Å². The van der Waals surface area contributed by atoms with Crippen molar-refractivity contribution in [2.24, 2.45) is 18.7 Å². The van der Waals surface area contributed by atoms with Gasteiger partial charge in [-0.2, -0.15) is 5.10 Å². The molecular weight excluding hydrogens is 290 g/mol. The van der Waals surface area contributed by atoms with Gasteiger partial charge in [0.05, 0.1) is 17.6 Å². The molecule has 2 aromatic heterocycles. The molecule has 1 atom stereocenters. The van der Waals surface area contributed by atoms with Crippen molar-refractivity contribution in [2.75, 3.05) is 5.32 Å². The molecule has 0 radical (unpaired) electrons. The molecule has 0 aromatic carbocycles. The highest BCUT2D eigenvalue weighted by Gasteiger charge is 2.14. The maximum atomic E-state index is 10.7. The van der Waals surface area contributed by atoms with Crippen molar-refractivity contribution < 1.29 is 4.79 Å². The van der Waals surface area contributed by atoms with Crippen LogP contribution in [0.5, 0.6) is 0 Å². The molecule has 2 aromatic rings. The Hall–Kier alpha value is -2.21. The van der Waals surface area contributed by atoms with E-state index in [4.69, 9.17) is 5.73 Å². The summed E-state index contributed by atoms with van der Waals surface area (Å²) in [6.07, 6.45) is 7.25. The summed E-state index contributed by atoms with van der Waals surface area (Å²) in [7, 11) is 1.82. The summed E-state index contributed by atoms with van der Waals surface area (Å²) in [5.74, 6) is 0.696. The zero-order valence-electron chi connectivity index (χ0n) is 14.0. The second kappa shape index (κ2) is 7.87. The summed E-state index contributed by atoms with van der Waals surface area (Å²) in [4.78, 5) is 15.1. The van der Waals surface area contributed by atoms with E-state index in [0.29, 0.717) is 18.0 Å². The van der Waals surface area contributed by atoms with Gasteiger partial charge in [0.25, 0.3) is 0 Å². The van der Waals surface area contributed by atoms with E-state index >= 15 is 0 Å². The van der Waals surface area contributed by atoms with Crippen LogP contribution in [0.3, 0.4) is 0 Å². The fraction of sp³-hybridized carbons (Fsp3) is 0.471. The Kier molecular flexibility index (Phi) is 5.87. The molecule has 2 heterocycles. The molecule has 0 fully saturated rings. The second-order valence-electron chi connectivity index (χ2n) is 6.20. The van der Waals surface area contributed by atoms with Gasteiger partial charge in [0, 0.05) is 19.3 Å². The number of carbonyl (C=O) groups excluding carboxylic acids is 1. The Morgan fingerprint density at radius 1 is 1.39 bits per heavy atom. The van der Waals surface area contributed by atoms with Gasteiger partial charge in [-0.25, -0.2) is 0 Å². The number of hydrogen-bond donors (Lipinski definition) is 2. The van der Waals surface area contributed by atoms with Gasteiger partial charge in [0.1, 0.15) is 5.69 Å². The van der Waals surface area contributed by atoms with Crippen LogP contribution in [0.25, 0.3) is 11.4 Å². The molecular formula is C17H25N5O. The van der Waals surface area contributed by atoms with E-state index in [9.17, 15) is 4.79 Å². The SMILES string of the molecule is CC(C)CCCC(N)c1ccnc(-c2c(NC=O)cnn2C)c1. The van der Waals surface area contributed by atoms with Crippen molar-refractivity contribution in [1.29, 1.82) is 0 Å². The van der Waals surface area contributed by atoms with Crippen LogP contribution in [0.15, 0.2) is 24.5 Å². The average molecular weight is 315 g/mol. The predicted octanol–water partition coefficient (Wildman–Crippen LogP) is 2.88. The molecule has 0 bridgehead atoms. The highest BCUT2D eigenvalue weighted by Crippen LogP contribution is 2.28. The van der Waals surface area contributed by atoms with Crippen molar-refractivity contribution in [3.63, 3.8) is 0 Å². The van der Waals surface area contributed by atoms with Gasteiger partial charge in [-0.05, 0) is 30.0 Å². The first-order chi connectivity index (χ1) is 11.0. The lowest BCUT2D eigenvalue weighted by atomic mass is 9.98. The Morgan fingerprint density at radius 3 is 2.87 bits per heavy atom. The Morgan fingerprint density at radius 2 is 2.17 bits per heavy atom. The van der Waals surface area contributed by atoms with Crippen LogP contribution in [0.1, 0.15) is 44.7 Å². The molecule has 6 heteroatoms. The number of amides is 1. The molecule has 2 rings (SSSR count). The van der Waals surface area contributed by atoms with Gasteiger partial charge in [0.2, 0.25) is 6.41 Å². The number of carbonyl (C=O) groups is 1. The first-order valence-electron chi connectivity index (χ1n) is 7.97. The molecule has 0 aliphatic rings. The van der Waals surface area contributed by atoms with E-state index in [0.717, 1.165) is 29.8 Å². The number of hydrogen-bond acceptors (Lipinski definition) is 4. The lowest BCUT2D eigenvalue weighted by molar-refractivity contribution is -0.105. The number of anilines is 1. The normalized spacial score (nSPS) is 12.4. The van der Waals surface area contributed by atoms with Gasteiger partial charge in [-0.1, -0.05) is 26.7 Å². The van der Waals surface area contributed by atoms with E-state index < -0.39 is 0 Å². The summed E-state index contributed by atoms with van der Waals surface area (Å²) in [5.41, 5.74) is 9.54. The molecule has 3 N–H and O–H groups in total. The number of rotatable bonds is 8. The molecule has 0 spiro atoms. The lowest BCUT2D eigenvalue weighted by Crippen LogP contribution is -2.11. The fourth-order valence-corrected chi connectivity index (χ4v) is 2.63. The van der Waals surface area contributed by atoms with Crippen LogP contribution < -0.4 is 11.1 Å². The number of nitrogens with two attached hydrogens (primary N) is 1. The minimum Gasteiger partial charge on any atom is -0.325 e. The highest BCUT2D eigenvalue weighted by atomic mass is 16.1. The summed E-state index contributed by atoms with van der Waals surface area (Å²) in [6, 6.07) is 3.92. The van der Waals surface area contributed by atoms with Crippen LogP contribution in [0.2, 0.25) is 0 Å². The summed E-state index contributed by atoms with van der Waals surface area (Å²) in [6.45, 7) is 4.44. The van der Waals surface area contributed by atoms with Crippen LogP contribution in [-0.4, -0.2) is 21.2 Å².